The van der Waals surface area contributed by atoms with E-state index < -0.39 is 0 Å². The minimum Gasteiger partial charge on any atom is -0.333 e. The number of hydrogen-bond acceptors (Lipinski definition) is 2. The standard InChI is InChI=1S/C53H60BN2/c1-34-17-27-43-36(31-34)29-30-53(11,12)49(43)56(41-25-21-38(22-26-41)51(5,6)7)46-33-39(52(8,9)10)32-45-47(46)54-44-28-18-35-15-13-14-16-42(35)48(44)55(45)40-23-19-37(20-24-40)50(2,3)4/h13-30,32-34,49H,31H2,1-12H3. The lowest BCUT2D eigenvalue weighted by Gasteiger charge is -2.48. The topological polar surface area (TPSA) is 6.48 Å². The predicted octanol–water partition coefficient (Wildman–Crippen LogP) is 13.2. The quantitative estimate of drug-likeness (QED) is 0.166. The van der Waals surface area contributed by atoms with Crippen molar-refractivity contribution in [2.75, 3.05) is 9.80 Å². The van der Waals surface area contributed by atoms with E-state index in [1.807, 2.05) is 0 Å². The van der Waals surface area contributed by atoms with Gasteiger partial charge in [0, 0.05) is 39.2 Å². The van der Waals surface area contributed by atoms with Crippen LogP contribution < -0.4 is 20.7 Å². The molecule has 2 unspecified atom stereocenters. The summed E-state index contributed by atoms with van der Waals surface area (Å²) in [5, 5.41) is 2.51. The first-order valence-electron chi connectivity index (χ1n) is 20.8. The van der Waals surface area contributed by atoms with Crippen molar-refractivity contribution in [1.29, 1.82) is 0 Å². The van der Waals surface area contributed by atoms with E-state index in [0.29, 0.717) is 5.92 Å². The van der Waals surface area contributed by atoms with Crippen LogP contribution in [-0.4, -0.2) is 13.3 Å². The van der Waals surface area contributed by atoms with Crippen molar-refractivity contribution < 1.29 is 0 Å². The summed E-state index contributed by atoms with van der Waals surface area (Å²) < 4.78 is 0. The first-order valence-corrected chi connectivity index (χ1v) is 20.8. The summed E-state index contributed by atoms with van der Waals surface area (Å²) in [6.07, 6.45) is 10.8. The van der Waals surface area contributed by atoms with Gasteiger partial charge in [0.2, 0.25) is 0 Å². The van der Waals surface area contributed by atoms with Gasteiger partial charge >= 0.3 is 0 Å². The van der Waals surface area contributed by atoms with Gasteiger partial charge in [0.1, 0.15) is 0 Å². The lowest BCUT2D eigenvalue weighted by atomic mass is 9.58. The van der Waals surface area contributed by atoms with Crippen molar-refractivity contribution in [2.45, 2.75) is 112 Å². The van der Waals surface area contributed by atoms with Crippen LogP contribution in [0.25, 0.3) is 10.8 Å². The molecule has 2 atom stereocenters. The molecule has 0 fully saturated rings. The van der Waals surface area contributed by atoms with Crippen molar-refractivity contribution in [3.63, 3.8) is 0 Å². The van der Waals surface area contributed by atoms with Gasteiger partial charge in [-0.2, -0.15) is 0 Å². The summed E-state index contributed by atoms with van der Waals surface area (Å²) in [5.74, 6) is 0.523. The van der Waals surface area contributed by atoms with Crippen LogP contribution in [0.1, 0.15) is 106 Å². The van der Waals surface area contributed by atoms with E-state index in [9.17, 15) is 0 Å². The highest BCUT2D eigenvalue weighted by molar-refractivity contribution is 6.74. The number of anilines is 5. The smallest absolute Gasteiger partial charge is 0.199 e. The Balaban J connectivity index is 1.45. The van der Waals surface area contributed by atoms with Gasteiger partial charge in [-0.1, -0.05) is 174 Å². The molecule has 5 aromatic carbocycles. The van der Waals surface area contributed by atoms with E-state index in [1.165, 1.54) is 78.0 Å². The zero-order chi connectivity index (χ0) is 39.9. The molecule has 1 radical (unpaired) electrons. The number of benzene rings is 5. The number of nitrogens with zero attached hydrogens (tertiary/aromatic N) is 2. The summed E-state index contributed by atoms with van der Waals surface area (Å²) in [6, 6.07) is 37.4. The molecule has 285 valence electrons. The van der Waals surface area contributed by atoms with E-state index in [-0.39, 0.29) is 27.7 Å². The van der Waals surface area contributed by atoms with Crippen LogP contribution in [0.3, 0.4) is 0 Å². The van der Waals surface area contributed by atoms with Crippen molar-refractivity contribution in [2.24, 2.45) is 11.3 Å². The Morgan fingerprint density at radius 2 is 1.32 bits per heavy atom. The average molecular weight is 736 g/mol. The van der Waals surface area contributed by atoms with Gasteiger partial charge in [0.25, 0.3) is 0 Å². The maximum atomic E-state index is 2.71. The molecule has 0 N–H and O–H groups in total. The van der Waals surface area contributed by atoms with Gasteiger partial charge < -0.3 is 9.80 Å². The fourth-order valence-corrected chi connectivity index (χ4v) is 9.05. The molecule has 5 aromatic rings. The number of fused-ring (bicyclic) bond motifs is 4. The van der Waals surface area contributed by atoms with Gasteiger partial charge in [-0.3, -0.25) is 0 Å². The average Bonchev–Trinajstić information content (AvgIpc) is 3.14. The van der Waals surface area contributed by atoms with Crippen LogP contribution in [-0.2, 0) is 16.2 Å². The Labute approximate surface area is 338 Å². The van der Waals surface area contributed by atoms with Crippen LogP contribution >= 0.6 is 0 Å². The lowest BCUT2D eigenvalue weighted by Crippen LogP contribution is -2.49. The molecule has 2 aliphatic carbocycles. The minimum absolute atomic E-state index is 0.0583. The largest absolute Gasteiger partial charge is 0.333 e. The highest BCUT2D eigenvalue weighted by atomic mass is 15.2. The Morgan fingerprint density at radius 1 is 0.696 bits per heavy atom. The summed E-state index contributed by atoms with van der Waals surface area (Å²) in [5.41, 5.74) is 15.4. The van der Waals surface area contributed by atoms with Crippen molar-refractivity contribution in [3.8, 4) is 0 Å². The second kappa shape index (κ2) is 13.4. The maximum Gasteiger partial charge on any atom is 0.199 e. The van der Waals surface area contributed by atoms with E-state index in [2.05, 4.69) is 222 Å². The van der Waals surface area contributed by atoms with Gasteiger partial charge in [-0.05, 0) is 104 Å². The normalized spacial score (nSPS) is 19.0. The molecule has 3 heteroatoms. The minimum atomic E-state index is -0.150. The van der Waals surface area contributed by atoms with Crippen LogP contribution in [0, 0.1) is 11.3 Å². The first-order chi connectivity index (χ1) is 26.3. The summed E-state index contributed by atoms with van der Waals surface area (Å²) >= 11 is 0. The van der Waals surface area contributed by atoms with Crippen molar-refractivity contribution >= 4 is 57.4 Å². The second-order valence-corrected chi connectivity index (χ2v) is 20.4. The summed E-state index contributed by atoms with van der Waals surface area (Å²) in [6.45, 7) is 28.1. The highest BCUT2D eigenvalue weighted by Gasteiger charge is 2.42. The van der Waals surface area contributed by atoms with Crippen LogP contribution in [0.5, 0.6) is 0 Å². The molecule has 0 bridgehead atoms. The Hall–Kier alpha value is -4.76. The van der Waals surface area contributed by atoms with Crippen LogP contribution in [0.15, 0.2) is 133 Å². The van der Waals surface area contributed by atoms with Crippen LogP contribution in [0.4, 0.5) is 28.4 Å². The number of rotatable bonds is 4. The van der Waals surface area contributed by atoms with Crippen molar-refractivity contribution in [1.82, 2.24) is 0 Å². The molecule has 0 saturated heterocycles. The zero-order valence-corrected chi connectivity index (χ0v) is 35.9. The molecule has 0 amide bonds. The number of allylic oxidation sites excluding steroid dienone is 3. The first kappa shape index (κ1) is 38.1. The molecule has 3 aliphatic rings. The van der Waals surface area contributed by atoms with E-state index in [1.54, 1.807) is 0 Å². The van der Waals surface area contributed by atoms with E-state index >= 15 is 0 Å². The molecule has 2 nitrogen and oxygen atoms in total. The zero-order valence-electron chi connectivity index (χ0n) is 35.9. The lowest BCUT2D eigenvalue weighted by molar-refractivity contribution is 0.398. The third kappa shape index (κ3) is 6.76. The maximum absolute atomic E-state index is 2.71. The third-order valence-corrected chi connectivity index (χ3v) is 12.4. The Morgan fingerprint density at radius 3 is 1.96 bits per heavy atom. The number of hydrogen-bond donors (Lipinski definition) is 0. The monoisotopic (exact) mass is 735 g/mol. The molecule has 8 rings (SSSR count). The Kier molecular flexibility index (Phi) is 9.15. The van der Waals surface area contributed by atoms with Crippen molar-refractivity contribution in [3.05, 3.63) is 149 Å². The molecular formula is C53H60BN2. The molecule has 1 heterocycles. The summed E-state index contributed by atoms with van der Waals surface area (Å²) in [7, 11) is 2.48. The highest BCUT2D eigenvalue weighted by Crippen LogP contribution is 2.49. The fraction of sp³-hybridized carbons (Fsp3) is 0.358. The molecular weight excluding hydrogens is 675 g/mol. The molecule has 0 spiro atoms. The predicted molar refractivity (Wildman–Crippen MR) is 245 cm³/mol. The molecule has 0 aromatic heterocycles. The van der Waals surface area contributed by atoms with Gasteiger partial charge in [0.05, 0.1) is 6.04 Å². The van der Waals surface area contributed by atoms with Crippen LogP contribution in [0.2, 0.25) is 0 Å². The van der Waals surface area contributed by atoms with Gasteiger partial charge in [0.15, 0.2) is 7.28 Å². The van der Waals surface area contributed by atoms with Gasteiger partial charge in [-0.25, -0.2) is 0 Å². The molecule has 1 aliphatic heterocycles. The van der Waals surface area contributed by atoms with Gasteiger partial charge in [-0.15, -0.1) is 0 Å². The fourth-order valence-electron chi connectivity index (χ4n) is 9.05. The SMILES string of the molecule is CC1C=CC2=C(C=CC(C)(C)C2N(c2ccc(C(C)(C)C)cc2)c2cc(C(C)(C)C)cc3c2[B]c2ccc4ccccc4c2N3c2ccc(C(C)(C)C)cc2)C1. The van der Waals surface area contributed by atoms with E-state index in [0.717, 1.165) is 6.42 Å². The second-order valence-electron chi connectivity index (χ2n) is 20.4. The molecule has 56 heavy (non-hydrogen) atoms. The summed E-state index contributed by atoms with van der Waals surface area (Å²) in [4.78, 5) is 5.28. The third-order valence-electron chi connectivity index (χ3n) is 12.4. The van der Waals surface area contributed by atoms with E-state index in [4.69, 9.17) is 0 Å². The Bertz CT molecular complexity index is 2400. The molecule has 0 saturated carbocycles.